The predicted molar refractivity (Wildman–Crippen MR) is 110 cm³/mol. The second kappa shape index (κ2) is 8.28. The molecule has 0 unspecified atom stereocenters. The molecule has 30 heavy (non-hydrogen) atoms. The highest BCUT2D eigenvalue weighted by molar-refractivity contribution is 5.92. The first-order valence-electron chi connectivity index (χ1n) is 9.42. The molecule has 3 aromatic rings. The lowest BCUT2D eigenvalue weighted by atomic mass is 9.95. The van der Waals surface area contributed by atoms with Gasteiger partial charge in [0, 0.05) is 17.3 Å². The van der Waals surface area contributed by atoms with Crippen molar-refractivity contribution in [2.45, 2.75) is 19.6 Å². The molecule has 1 aromatic heterocycles. The lowest BCUT2D eigenvalue weighted by molar-refractivity contribution is -0.140. The summed E-state index contributed by atoms with van der Waals surface area (Å²) in [5.41, 5.74) is 2.74. The monoisotopic (exact) mass is 406 g/mol. The summed E-state index contributed by atoms with van der Waals surface area (Å²) < 4.78 is 18.2. The molecule has 2 aromatic carbocycles. The van der Waals surface area contributed by atoms with E-state index in [1.807, 2.05) is 49.4 Å². The second-order valence-corrected chi connectivity index (χ2v) is 6.76. The number of anilines is 1. The van der Waals surface area contributed by atoms with Crippen LogP contribution in [0.25, 0.3) is 0 Å². The van der Waals surface area contributed by atoms with Crippen LogP contribution in [-0.2, 0) is 16.1 Å². The average Bonchev–Trinajstić information content (AvgIpc) is 3.24. The molecule has 1 N–H and O–H groups in total. The SMILES string of the molecule is COc1ccc([C@@H]2C(C(=O)OCc3ccccc3)=C(C)Nc3ncnn32)c(OC)c1. The molecule has 0 fully saturated rings. The Morgan fingerprint density at radius 3 is 2.67 bits per heavy atom. The molecule has 0 bridgehead atoms. The minimum Gasteiger partial charge on any atom is -0.497 e. The van der Waals surface area contributed by atoms with Gasteiger partial charge in [0.25, 0.3) is 0 Å². The van der Waals surface area contributed by atoms with Crippen molar-refractivity contribution in [3.05, 3.63) is 77.3 Å². The van der Waals surface area contributed by atoms with Gasteiger partial charge in [0.15, 0.2) is 0 Å². The van der Waals surface area contributed by atoms with Crippen molar-refractivity contribution in [1.82, 2.24) is 14.8 Å². The van der Waals surface area contributed by atoms with E-state index in [-0.39, 0.29) is 6.61 Å². The smallest absolute Gasteiger partial charge is 0.338 e. The fourth-order valence-corrected chi connectivity index (χ4v) is 3.49. The minimum absolute atomic E-state index is 0.174. The summed E-state index contributed by atoms with van der Waals surface area (Å²) in [6.45, 7) is 1.99. The van der Waals surface area contributed by atoms with Crippen molar-refractivity contribution in [3.8, 4) is 11.5 Å². The van der Waals surface area contributed by atoms with E-state index < -0.39 is 12.0 Å². The van der Waals surface area contributed by atoms with Gasteiger partial charge >= 0.3 is 5.97 Å². The van der Waals surface area contributed by atoms with Crippen molar-refractivity contribution in [2.75, 3.05) is 19.5 Å². The Balaban J connectivity index is 1.73. The third-order valence-electron chi connectivity index (χ3n) is 4.96. The fourth-order valence-electron chi connectivity index (χ4n) is 3.49. The Bertz CT molecular complexity index is 1090. The van der Waals surface area contributed by atoms with E-state index in [9.17, 15) is 4.79 Å². The van der Waals surface area contributed by atoms with Crippen molar-refractivity contribution in [2.24, 2.45) is 0 Å². The maximum Gasteiger partial charge on any atom is 0.338 e. The zero-order valence-electron chi connectivity index (χ0n) is 17.0. The highest BCUT2D eigenvalue weighted by Crippen LogP contribution is 2.40. The lowest BCUT2D eigenvalue weighted by Gasteiger charge is -2.29. The quantitative estimate of drug-likeness (QED) is 0.628. The molecule has 8 heteroatoms. The van der Waals surface area contributed by atoms with Crippen molar-refractivity contribution in [1.29, 1.82) is 0 Å². The zero-order valence-corrected chi connectivity index (χ0v) is 17.0. The largest absolute Gasteiger partial charge is 0.497 e. The van der Waals surface area contributed by atoms with Crippen LogP contribution >= 0.6 is 0 Å². The van der Waals surface area contributed by atoms with Crippen molar-refractivity contribution < 1.29 is 19.0 Å². The van der Waals surface area contributed by atoms with Crippen molar-refractivity contribution in [3.63, 3.8) is 0 Å². The summed E-state index contributed by atoms with van der Waals surface area (Å²) in [6, 6.07) is 14.4. The number of benzene rings is 2. The molecule has 2 heterocycles. The Hall–Kier alpha value is -3.81. The molecular formula is C22H22N4O4. The summed E-state index contributed by atoms with van der Waals surface area (Å²) >= 11 is 0. The van der Waals surface area contributed by atoms with Crippen LogP contribution in [0.3, 0.4) is 0 Å². The van der Waals surface area contributed by atoms with Gasteiger partial charge in [-0.2, -0.15) is 10.1 Å². The zero-order chi connectivity index (χ0) is 21.1. The minimum atomic E-state index is -0.562. The van der Waals surface area contributed by atoms with Gasteiger partial charge in [-0.15, -0.1) is 0 Å². The Morgan fingerprint density at radius 1 is 1.13 bits per heavy atom. The standard InChI is InChI=1S/C22H22N4O4/c1-14-19(21(27)30-12-15-7-5-4-6-8-15)20(26-22(25-14)23-13-24-26)17-10-9-16(28-2)11-18(17)29-3/h4-11,13,20H,12H2,1-3H3,(H,23,24,25)/t20-/m1/s1. The molecule has 154 valence electrons. The van der Waals surface area contributed by atoms with Crippen LogP contribution in [0, 0.1) is 0 Å². The molecular weight excluding hydrogens is 384 g/mol. The summed E-state index contributed by atoms with van der Waals surface area (Å²) in [4.78, 5) is 17.4. The first kappa shape index (κ1) is 19.5. The first-order valence-corrected chi connectivity index (χ1v) is 9.42. The van der Waals surface area contributed by atoms with E-state index in [1.165, 1.54) is 6.33 Å². The molecule has 4 rings (SSSR count). The number of methoxy groups -OCH3 is 2. The number of nitrogens with zero attached hydrogens (tertiary/aromatic N) is 3. The molecule has 1 aliphatic heterocycles. The van der Waals surface area contributed by atoms with Crippen LogP contribution in [0.5, 0.6) is 11.5 Å². The van der Waals surface area contributed by atoms with Crippen LogP contribution in [0.15, 0.2) is 66.1 Å². The van der Waals surface area contributed by atoms with E-state index in [0.717, 1.165) is 11.1 Å². The third kappa shape index (κ3) is 3.59. The van der Waals surface area contributed by atoms with E-state index in [4.69, 9.17) is 14.2 Å². The number of carbonyl (C=O) groups is 1. The maximum absolute atomic E-state index is 13.2. The number of ether oxygens (including phenoxy) is 3. The van der Waals surface area contributed by atoms with Gasteiger partial charge in [0.2, 0.25) is 5.95 Å². The fraction of sp³-hybridized carbons (Fsp3) is 0.227. The summed E-state index contributed by atoms with van der Waals surface area (Å²) in [7, 11) is 3.16. The van der Waals surface area contributed by atoms with Crippen molar-refractivity contribution >= 4 is 11.9 Å². The lowest BCUT2D eigenvalue weighted by Crippen LogP contribution is -2.30. The number of nitrogens with one attached hydrogen (secondary N) is 1. The van der Waals surface area contributed by atoms with Crippen LogP contribution in [0.2, 0.25) is 0 Å². The van der Waals surface area contributed by atoms with E-state index in [1.54, 1.807) is 25.0 Å². The first-order chi connectivity index (χ1) is 14.6. The molecule has 1 aliphatic rings. The molecule has 0 saturated carbocycles. The van der Waals surface area contributed by atoms with Gasteiger partial charge in [-0.05, 0) is 24.6 Å². The Kier molecular flexibility index (Phi) is 5.38. The Morgan fingerprint density at radius 2 is 1.93 bits per heavy atom. The van der Waals surface area contributed by atoms with Gasteiger partial charge in [0.05, 0.1) is 19.8 Å². The van der Waals surface area contributed by atoms with E-state index >= 15 is 0 Å². The van der Waals surface area contributed by atoms with Gasteiger partial charge < -0.3 is 19.5 Å². The number of carbonyl (C=O) groups excluding carboxylic acids is 1. The van der Waals surface area contributed by atoms with Gasteiger partial charge in [0.1, 0.15) is 30.5 Å². The molecule has 8 nitrogen and oxygen atoms in total. The number of esters is 1. The van der Waals surface area contributed by atoms with E-state index in [2.05, 4.69) is 15.4 Å². The van der Waals surface area contributed by atoms with Crippen LogP contribution in [0.1, 0.15) is 24.1 Å². The Labute approximate surface area is 174 Å². The van der Waals surface area contributed by atoms with Crippen LogP contribution < -0.4 is 14.8 Å². The number of fused-ring (bicyclic) bond motifs is 1. The van der Waals surface area contributed by atoms with Crippen LogP contribution in [0.4, 0.5) is 5.95 Å². The summed E-state index contributed by atoms with van der Waals surface area (Å²) in [6.07, 6.45) is 1.44. The highest BCUT2D eigenvalue weighted by atomic mass is 16.5. The maximum atomic E-state index is 13.2. The van der Waals surface area contributed by atoms with Crippen LogP contribution in [-0.4, -0.2) is 35.0 Å². The number of hydrogen-bond acceptors (Lipinski definition) is 7. The summed E-state index contributed by atoms with van der Waals surface area (Å²) in [5, 5.41) is 7.46. The summed E-state index contributed by atoms with van der Waals surface area (Å²) in [5.74, 6) is 1.32. The topological polar surface area (TPSA) is 87.5 Å². The second-order valence-electron chi connectivity index (χ2n) is 6.76. The molecule has 0 amide bonds. The molecule has 0 saturated heterocycles. The van der Waals surface area contributed by atoms with Gasteiger partial charge in [-0.1, -0.05) is 30.3 Å². The number of aromatic nitrogens is 3. The number of allylic oxidation sites excluding steroid dienone is 1. The highest BCUT2D eigenvalue weighted by Gasteiger charge is 2.36. The molecule has 0 radical (unpaired) electrons. The van der Waals surface area contributed by atoms with E-state index in [0.29, 0.717) is 28.7 Å². The average molecular weight is 406 g/mol. The van der Waals surface area contributed by atoms with Gasteiger partial charge in [-0.3, -0.25) is 0 Å². The number of rotatable bonds is 6. The molecule has 0 aliphatic carbocycles. The normalized spacial score (nSPS) is 15.2. The molecule has 0 spiro atoms. The molecule has 1 atom stereocenters. The third-order valence-corrected chi connectivity index (χ3v) is 4.96. The number of hydrogen-bond donors (Lipinski definition) is 1. The van der Waals surface area contributed by atoms with Gasteiger partial charge in [-0.25, -0.2) is 9.48 Å². The predicted octanol–water partition coefficient (Wildman–Crippen LogP) is 3.33.